The molecule has 0 saturated carbocycles. The average Bonchev–Trinajstić information content (AvgIpc) is 3.12. The van der Waals surface area contributed by atoms with Crippen LogP contribution in [0, 0.1) is 0 Å². The molecule has 1 amide bonds. The molecule has 158 valence electrons. The first kappa shape index (κ1) is 22.1. The second-order valence-corrected chi connectivity index (χ2v) is 11.3. The highest BCUT2D eigenvalue weighted by Gasteiger charge is 2.25. The molecule has 29 heavy (non-hydrogen) atoms. The van der Waals surface area contributed by atoms with Gasteiger partial charge in [-0.1, -0.05) is 11.6 Å². The summed E-state index contributed by atoms with van der Waals surface area (Å²) < 4.78 is 27.1. The zero-order chi connectivity index (χ0) is 21.2. The molecule has 0 N–H and O–H groups in total. The molecule has 1 fully saturated rings. The Bertz CT molecular complexity index is 983. The van der Waals surface area contributed by atoms with Crippen LogP contribution in [0.2, 0.25) is 4.34 Å². The highest BCUT2D eigenvalue weighted by atomic mass is 35.5. The fraction of sp³-hybridized carbons (Fsp3) is 0.450. The quantitative estimate of drug-likeness (QED) is 0.662. The third-order valence-corrected chi connectivity index (χ3v) is 8.07. The molecule has 2 aromatic rings. The first-order valence-corrected chi connectivity index (χ1v) is 12.1. The van der Waals surface area contributed by atoms with E-state index in [2.05, 4.69) is 4.90 Å². The van der Waals surface area contributed by atoms with E-state index in [9.17, 15) is 13.2 Å². The van der Waals surface area contributed by atoms with Gasteiger partial charge in [-0.2, -0.15) is 0 Å². The summed E-state index contributed by atoms with van der Waals surface area (Å²) in [5, 5.41) is 0. The van der Waals surface area contributed by atoms with E-state index in [1.807, 2.05) is 12.1 Å². The van der Waals surface area contributed by atoms with Gasteiger partial charge in [0, 0.05) is 44.8 Å². The van der Waals surface area contributed by atoms with Crippen LogP contribution in [0.5, 0.6) is 0 Å². The van der Waals surface area contributed by atoms with E-state index in [0.29, 0.717) is 16.4 Å². The number of carbonyl (C=O) groups excluding carboxylic acids is 1. The van der Waals surface area contributed by atoms with Gasteiger partial charge < -0.3 is 9.80 Å². The third-order valence-electron chi connectivity index (χ3n) is 5.04. The highest BCUT2D eigenvalue weighted by molar-refractivity contribution is 7.89. The van der Waals surface area contributed by atoms with Crippen molar-refractivity contribution in [2.24, 2.45) is 0 Å². The molecular weight excluding hydrogens is 430 g/mol. The fourth-order valence-electron chi connectivity index (χ4n) is 3.42. The molecule has 0 radical (unpaired) electrons. The van der Waals surface area contributed by atoms with Crippen molar-refractivity contribution in [2.45, 2.75) is 30.7 Å². The maximum atomic E-state index is 13.3. The number of hydrogen-bond acceptors (Lipinski definition) is 5. The minimum absolute atomic E-state index is 0.124. The van der Waals surface area contributed by atoms with Gasteiger partial charge in [-0.25, -0.2) is 12.7 Å². The van der Waals surface area contributed by atoms with Crippen molar-refractivity contribution in [2.75, 3.05) is 39.1 Å². The van der Waals surface area contributed by atoms with Gasteiger partial charge in [-0.3, -0.25) is 4.79 Å². The van der Waals surface area contributed by atoms with Gasteiger partial charge >= 0.3 is 0 Å². The zero-order valence-electron chi connectivity index (χ0n) is 16.9. The first-order valence-electron chi connectivity index (χ1n) is 9.51. The minimum Gasteiger partial charge on any atom is -0.371 e. The second kappa shape index (κ2) is 9.04. The molecule has 1 aliphatic rings. The zero-order valence-corrected chi connectivity index (χ0v) is 19.3. The second-order valence-electron chi connectivity index (χ2n) is 7.38. The summed E-state index contributed by atoms with van der Waals surface area (Å²) in [5.74, 6) is -0.203. The Balaban J connectivity index is 1.98. The molecule has 1 aromatic carbocycles. The van der Waals surface area contributed by atoms with E-state index in [4.69, 9.17) is 11.6 Å². The van der Waals surface area contributed by atoms with Crippen LogP contribution in [0.3, 0.4) is 0 Å². The highest BCUT2D eigenvalue weighted by Crippen LogP contribution is 2.30. The number of thiophene rings is 1. The molecule has 6 nitrogen and oxygen atoms in total. The summed E-state index contributed by atoms with van der Waals surface area (Å²) in [4.78, 5) is 18.2. The molecule has 0 spiro atoms. The molecule has 9 heteroatoms. The van der Waals surface area contributed by atoms with E-state index in [-0.39, 0.29) is 10.8 Å². The molecule has 3 rings (SSSR count). The lowest BCUT2D eigenvalue weighted by Crippen LogP contribution is -2.33. The van der Waals surface area contributed by atoms with Crippen LogP contribution in [-0.2, 0) is 16.6 Å². The number of nitrogens with zero attached hydrogens (tertiary/aromatic N) is 3. The monoisotopic (exact) mass is 455 g/mol. The van der Waals surface area contributed by atoms with Crippen molar-refractivity contribution in [1.82, 2.24) is 9.21 Å². The summed E-state index contributed by atoms with van der Waals surface area (Å²) >= 11 is 7.44. The van der Waals surface area contributed by atoms with Gasteiger partial charge in [-0.15, -0.1) is 11.3 Å². The van der Waals surface area contributed by atoms with Gasteiger partial charge in [0.25, 0.3) is 5.91 Å². The summed E-state index contributed by atoms with van der Waals surface area (Å²) in [6.07, 6.45) is 3.30. The van der Waals surface area contributed by atoms with Crippen molar-refractivity contribution in [3.8, 4) is 0 Å². The smallest absolute Gasteiger partial charge is 0.256 e. The Morgan fingerprint density at radius 2 is 1.79 bits per heavy atom. The largest absolute Gasteiger partial charge is 0.371 e. The number of piperidine rings is 1. The molecule has 0 aliphatic carbocycles. The van der Waals surface area contributed by atoms with Gasteiger partial charge in [-0.05, 0) is 49.6 Å². The number of rotatable bonds is 6. The molecule has 2 heterocycles. The summed E-state index contributed by atoms with van der Waals surface area (Å²) in [6, 6.07) is 8.58. The predicted octanol–water partition coefficient (Wildman–Crippen LogP) is 3.91. The summed E-state index contributed by atoms with van der Waals surface area (Å²) in [6.45, 7) is 2.15. The molecule has 0 unspecified atom stereocenters. The van der Waals surface area contributed by atoms with Gasteiger partial charge in [0.1, 0.15) is 0 Å². The molecular formula is C20H26ClN3O3S2. The van der Waals surface area contributed by atoms with Gasteiger partial charge in [0.15, 0.2) is 0 Å². The normalized spacial score (nSPS) is 15.0. The molecule has 1 saturated heterocycles. The Hall–Kier alpha value is -1.61. The van der Waals surface area contributed by atoms with Crippen molar-refractivity contribution in [3.63, 3.8) is 0 Å². The minimum atomic E-state index is -3.63. The number of halogens is 1. The average molecular weight is 456 g/mol. The van der Waals surface area contributed by atoms with Crippen molar-refractivity contribution < 1.29 is 13.2 Å². The maximum Gasteiger partial charge on any atom is 0.256 e. The Kier molecular flexibility index (Phi) is 6.88. The third kappa shape index (κ3) is 4.94. The number of hydrogen-bond donors (Lipinski definition) is 0. The van der Waals surface area contributed by atoms with Crippen LogP contribution in [0.4, 0.5) is 5.69 Å². The number of amides is 1. The lowest BCUT2D eigenvalue weighted by atomic mass is 10.1. The molecule has 1 aliphatic heterocycles. The lowest BCUT2D eigenvalue weighted by molar-refractivity contribution is 0.0786. The summed E-state index contributed by atoms with van der Waals surface area (Å²) in [7, 11) is 1.07. The van der Waals surface area contributed by atoms with Crippen molar-refractivity contribution in [3.05, 3.63) is 45.1 Å². The van der Waals surface area contributed by atoms with E-state index in [1.165, 1.54) is 37.9 Å². The number of sulfonamides is 1. The number of benzene rings is 1. The predicted molar refractivity (Wildman–Crippen MR) is 119 cm³/mol. The standard InChI is InChI=1S/C20H26ClN3O3S2/c1-22(2)29(26,27)16-8-9-18(24-11-5-4-6-12-24)17(13-16)20(25)23(3)14-15-7-10-19(21)28-15/h7-10,13H,4-6,11-12,14H2,1-3H3. The topological polar surface area (TPSA) is 60.9 Å². The number of carbonyl (C=O) groups is 1. The maximum absolute atomic E-state index is 13.3. The van der Waals surface area contributed by atoms with Crippen LogP contribution in [-0.4, -0.2) is 57.8 Å². The molecule has 1 aromatic heterocycles. The van der Waals surface area contributed by atoms with E-state index >= 15 is 0 Å². The van der Waals surface area contributed by atoms with Crippen LogP contribution < -0.4 is 4.90 Å². The van der Waals surface area contributed by atoms with E-state index in [0.717, 1.165) is 40.8 Å². The van der Waals surface area contributed by atoms with Crippen LogP contribution in [0.25, 0.3) is 0 Å². The molecule has 0 atom stereocenters. The van der Waals surface area contributed by atoms with E-state index < -0.39 is 10.0 Å². The Morgan fingerprint density at radius 1 is 1.10 bits per heavy atom. The number of anilines is 1. The van der Waals surface area contributed by atoms with Gasteiger partial charge in [0.2, 0.25) is 10.0 Å². The van der Waals surface area contributed by atoms with Crippen molar-refractivity contribution in [1.29, 1.82) is 0 Å². The Labute approximate surface area is 181 Å². The van der Waals surface area contributed by atoms with Crippen LogP contribution in [0.15, 0.2) is 35.2 Å². The summed E-state index contributed by atoms with van der Waals surface area (Å²) in [5.41, 5.74) is 1.21. The molecule has 0 bridgehead atoms. The lowest BCUT2D eigenvalue weighted by Gasteiger charge is -2.31. The SMILES string of the molecule is CN(Cc1ccc(Cl)s1)C(=O)c1cc(S(=O)(=O)N(C)C)ccc1N1CCCCC1. The van der Waals surface area contributed by atoms with E-state index in [1.54, 1.807) is 24.1 Å². The van der Waals surface area contributed by atoms with Crippen LogP contribution >= 0.6 is 22.9 Å². The van der Waals surface area contributed by atoms with Crippen molar-refractivity contribution >= 4 is 44.6 Å². The van der Waals surface area contributed by atoms with Gasteiger partial charge in [0.05, 0.1) is 21.3 Å². The fourth-order valence-corrected chi connectivity index (χ4v) is 5.49. The van der Waals surface area contributed by atoms with Crippen LogP contribution in [0.1, 0.15) is 34.5 Å². The Morgan fingerprint density at radius 3 is 2.38 bits per heavy atom. The first-order chi connectivity index (χ1) is 13.7.